The van der Waals surface area contributed by atoms with Crippen LogP contribution in [-0.4, -0.2) is 72.6 Å². The van der Waals surface area contributed by atoms with E-state index in [0.717, 1.165) is 30.8 Å². The average Bonchev–Trinajstić information content (AvgIpc) is 3.46. The van der Waals surface area contributed by atoms with Crippen molar-refractivity contribution >= 4 is 17.6 Å². The number of carbonyl (C=O) groups is 2. The van der Waals surface area contributed by atoms with Crippen molar-refractivity contribution in [1.82, 2.24) is 14.7 Å². The molecule has 1 aromatic heterocycles. The highest BCUT2D eigenvalue weighted by Crippen LogP contribution is 2.30. The lowest BCUT2D eigenvalue weighted by Gasteiger charge is -2.30. The first-order valence-electron chi connectivity index (χ1n) is 13.2. The molecule has 214 valence electrons. The van der Waals surface area contributed by atoms with Crippen molar-refractivity contribution in [3.8, 4) is 0 Å². The van der Waals surface area contributed by atoms with E-state index < -0.39 is 17.8 Å². The number of nitrogens with zero attached hydrogens (tertiary/aromatic N) is 3. The summed E-state index contributed by atoms with van der Waals surface area (Å²) in [7, 11) is 0. The van der Waals surface area contributed by atoms with Crippen LogP contribution in [0.15, 0.2) is 77.4 Å². The molecule has 1 N–H and O–H groups in total. The van der Waals surface area contributed by atoms with Gasteiger partial charge < -0.3 is 24.3 Å². The number of ether oxygens (including phenoxy) is 1. The third-order valence-corrected chi connectivity index (χ3v) is 6.56. The molecule has 40 heavy (non-hydrogen) atoms. The monoisotopic (exact) mass is 558 g/mol. The SMILES string of the molecule is O=C(CN(CCCN1CCOCC1)C(=O)Nc1cccc(C(F)(F)F)c1)N(Cc1ccccc1)Cc1ccco1. The summed E-state index contributed by atoms with van der Waals surface area (Å²) in [5.41, 5.74) is 0.0459. The van der Waals surface area contributed by atoms with Crippen LogP contribution in [0.2, 0.25) is 0 Å². The number of morpholine rings is 1. The Morgan fingerprint density at radius 2 is 1.70 bits per heavy atom. The predicted molar refractivity (Wildman–Crippen MR) is 143 cm³/mol. The number of anilines is 1. The van der Waals surface area contributed by atoms with Crippen molar-refractivity contribution in [2.45, 2.75) is 25.7 Å². The zero-order chi connectivity index (χ0) is 28.4. The summed E-state index contributed by atoms with van der Waals surface area (Å²) < 4.78 is 50.5. The van der Waals surface area contributed by atoms with Gasteiger partial charge in [0.25, 0.3) is 0 Å². The van der Waals surface area contributed by atoms with E-state index in [1.165, 1.54) is 23.3 Å². The minimum Gasteiger partial charge on any atom is -0.467 e. The number of alkyl halides is 3. The molecule has 1 saturated heterocycles. The average molecular weight is 559 g/mol. The third kappa shape index (κ3) is 8.85. The molecular weight excluding hydrogens is 525 g/mol. The Bertz CT molecular complexity index is 1220. The molecule has 2 heterocycles. The van der Waals surface area contributed by atoms with Gasteiger partial charge in [-0.05, 0) is 42.3 Å². The zero-order valence-corrected chi connectivity index (χ0v) is 22.1. The molecule has 0 radical (unpaired) electrons. The van der Waals surface area contributed by atoms with E-state index in [2.05, 4.69) is 10.2 Å². The molecule has 0 bridgehead atoms. The molecule has 3 aromatic rings. The Hall–Kier alpha value is -3.83. The molecule has 0 unspecified atom stereocenters. The van der Waals surface area contributed by atoms with E-state index in [-0.39, 0.29) is 31.2 Å². The van der Waals surface area contributed by atoms with Crippen LogP contribution in [0.5, 0.6) is 0 Å². The van der Waals surface area contributed by atoms with E-state index in [1.54, 1.807) is 17.0 Å². The Morgan fingerprint density at radius 3 is 2.40 bits per heavy atom. The third-order valence-electron chi connectivity index (χ3n) is 6.56. The van der Waals surface area contributed by atoms with Gasteiger partial charge in [0.05, 0.1) is 31.6 Å². The quantitative estimate of drug-likeness (QED) is 0.355. The topological polar surface area (TPSA) is 78.3 Å². The second-order valence-electron chi connectivity index (χ2n) is 9.55. The van der Waals surface area contributed by atoms with E-state index in [9.17, 15) is 22.8 Å². The summed E-state index contributed by atoms with van der Waals surface area (Å²) in [4.78, 5) is 32.0. The maximum atomic E-state index is 13.6. The molecule has 3 amide bonds. The van der Waals surface area contributed by atoms with Gasteiger partial charge in [-0.2, -0.15) is 13.2 Å². The highest BCUT2D eigenvalue weighted by molar-refractivity contribution is 5.92. The fourth-order valence-corrected chi connectivity index (χ4v) is 4.43. The molecule has 1 fully saturated rings. The first-order valence-corrected chi connectivity index (χ1v) is 13.2. The lowest BCUT2D eigenvalue weighted by Crippen LogP contribution is -2.45. The van der Waals surface area contributed by atoms with E-state index in [4.69, 9.17) is 9.15 Å². The summed E-state index contributed by atoms with van der Waals surface area (Å²) in [5, 5.41) is 2.55. The van der Waals surface area contributed by atoms with Gasteiger partial charge in [0.2, 0.25) is 5.91 Å². The van der Waals surface area contributed by atoms with Crippen molar-refractivity contribution in [2.24, 2.45) is 0 Å². The van der Waals surface area contributed by atoms with Crippen molar-refractivity contribution in [2.75, 3.05) is 51.3 Å². The Labute approximate surface area is 231 Å². The van der Waals surface area contributed by atoms with E-state index >= 15 is 0 Å². The summed E-state index contributed by atoms with van der Waals surface area (Å²) in [6, 6.07) is 16.8. The number of hydrogen-bond acceptors (Lipinski definition) is 5. The van der Waals surface area contributed by atoms with Crippen LogP contribution in [0.1, 0.15) is 23.3 Å². The van der Waals surface area contributed by atoms with Crippen molar-refractivity contribution in [1.29, 1.82) is 0 Å². The summed E-state index contributed by atoms with van der Waals surface area (Å²) in [6.45, 7) is 4.04. The standard InChI is InChI=1S/C29H33F3N4O4/c30-29(31,32)24-9-4-10-25(19-24)33-28(38)35(13-6-12-34-14-17-39-18-15-34)22-27(37)36(21-26-11-5-16-40-26)20-23-7-2-1-3-8-23/h1-5,7-11,16,19H,6,12-15,17-18,20-22H2,(H,33,38). The summed E-state index contributed by atoms with van der Waals surface area (Å²) in [6.07, 6.45) is -2.43. The molecule has 1 aliphatic heterocycles. The van der Waals surface area contributed by atoms with Crippen molar-refractivity contribution in [3.05, 3.63) is 89.9 Å². The second kappa shape index (κ2) is 14.0. The predicted octanol–water partition coefficient (Wildman–Crippen LogP) is 5.08. The maximum absolute atomic E-state index is 13.6. The number of nitrogens with one attached hydrogen (secondary N) is 1. The molecule has 2 aromatic carbocycles. The van der Waals surface area contributed by atoms with Gasteiger partial charge in [0, 0.05) is 38.4 Å². The van der Waals surface area contributed by atoms with Crippen LogP contribution in [0.4, 0.5) is 23.7 Å². The first kappa shape index (κ1) is 29.2. The van der Waals surface area contributed by atoms with Gasteiger partial charge in [-0.15, -0.1) is 0 Å². The number of furan rings is 1. The lowest BCUT2D eigenvalue weighted by molar-refractivity contribution is -0.137. The Kier molecular flexibility index (Phi) is 10.2. The van der Waals surface area contributed by atoms with Gasteiger partial charge in [-0.3, -0.25) is 9.69 Å². The van der Waals surface area contributed by atoms with Crippen molar-refractivity contribution in [3.63, 3.8) is 0 Å². The smallest absolute Gasteiger partial charge is 0.416 e. The fourth-order valence-electron chi connectivity index (χ4n) is 4.43. The minimum absolute atomic E-state index is 0.00202. The summed E-state index contributed by atoms with van der Waals surface area (Å²) in [5.74, 6) is 0.280. The van der Waals surface area contributed by atoms with Gasteiger partial charge in [-0.25, -0.2) is 4.79 Å². The fraction of sp³-hybridized carbons (Fsp3) is 0.379. The van der Waals surface area contributed by atoms with Gasteiger partial charge in [0.15, 0.2) is 0 Å². The van der Waals surface area contributed by atoms with Crippen LogP contribution in [0.3, 0.4) is 0 Å². The number of amides is 3. The molecule has 1 aliphatic rings. The number of urea groups is 1. The zero-order valence-electron chi connectivity index (χ0n) is 22.1. The largest absolute Gasteiger partial charge is 0.467 e. The van der Waals surface area contributed by atoms with Gasteiger partial charge in [0.1, 0.15) is 12.3 Å². The molecule has 0 spiro atoms. The van der Waals surface area contributed by atoms with Gasteiger partial charge in [-0.1, -0.05) is 36.4 Å². The van der Waals surface area contributed by atoms with Crippen LogP contribution >= 0.6 is 0 Å². The number of rotatable bonds is 11. The number of benzene rings is 2. The maximum Gasteiger partial charge on any atom is 0.416 e. The first-order chi connectivity index (χ1) is 19.3. The van der Waals surface area contributed by atoms with Crippen LogP contribution in [0.25, 0.3) is 0 Å². The van der Waals surface area contributed by atoms with Crippen LogP contribution in [0, 0.1) is 0 Å². The van der Waals surface area contributed by atoms with E-state index in [1.807, 2.05) is 30.3 Å². The van der Waals surface area contributed by atoms with Crippen molar-refractivity contribution < 1.29 is 31.9 Å². The highest BCUT2D eigenvalue weighted by atomic mass is 19.4. The number of hydrogen-bond donors (Lipinski definition) is 1. The van der Waals surface area contributed by atoms with Crippen LogP contribution in [-0.2, 0) is 28.8 Å². The van der Waals surface area contributed by atoms with E-state index in [0.29, 0.717) is 38.5 Å². The molecule has 0 saturated carbocycles. The normalized spacial score (nSPS) is 14.1. The Balaban J connectivity index is 1.48. The molecule has 4 rings (SSSR count). The van der Waals surface area contributed by atoms with Gasteiger partial charge >= 0.3 is 12.2 Å². The second-order valence-corrected chi connectivity index (χ2v) is 9.55. The molecular formula is C29H33F3N4O4. The molecule has 11 heteroatoms. The van der Waals surface area contributed by atoms with Crippen LogP contribution < -0.4 is 5.32 Å². The Morgan fingerprint density at radius 1 is 0.925 bits per heavy atom. The summed E-state index contributed by atoms with van der Waals surface area (Å²) >= 11 is 0. The molecule has 0 aliphatic carbocycles. The molecule has 0 atom stereocenters. The molecule has 8 nitrogen and oxygen atoms in total. The number of halogens is 3. The number of carbonyl (C=O) groups excluding carboxylic acids is 2. The lowest BCUT2D eigenvalue weighted by atomic mass is 10.2. The minimum atomic E-state index is -4.54. The highest BCUT2D eigenvalue weighted by Gasteiger charge is 2.31.